The molecule has 4 saturated carbocycles. The zero-order valence-corrected chi connectivity index (χ0v) is 9.06. The summed E-state index contributed by atoms with van der Waals surface area (Å²) in [6, 6.07) is 0. The fourth-order valence-electron chi connectivity index (χ4n) is 4.45. The minimum atomic E-state index is -0.815. The second-order valence-corrected chi connectivity index (χ2v) is 6.70. The quantitative estimate of drug-likeness (QED) is 0.657. The number of carbonyl (C=O) groups excluding carboxylic acids is 1. The van der Waals surface area contributed by atoms with Gasteiger partial charge in [0.2, 0.25) is 0 Å². The van der Waals surface area contributed by atoms with E-state index in [-0.39, 0.29) is 4.75 Å². The van der Waals surface area contributed by atoms with Crippen LogP contribution in [0.1, 0.15) is 38.5 Å². The van der Waals surface area contributed by atoms with Crippen molar-refractivity contribution in [1.82, 2.24) is 0 Å². The summed E-state index contributed by atoms with van der Waals surface area (Å²) >= 11 is 4.71. The lowest BCUT2D eigenvalue weighted by atomic mass is 9.49. The summed E-state index contributed by atoms with van der Waals surface area (Å²) < 4.78 is 0.0180. The largest absolute Gasteiger partial charge is 0.550 e. The van der Waals surface area contributed by atoms with Gasteiger partial charge in [0.25, 0.3) is 0 Å². The Morgan fingerprint density at radius 1 is 1.21 bits per heavy atom. The monoisotopic (exact) mass is 211 g/mol. The summed E-state index contributed by atoms with van der Waals surface area (Å²) in [5, 5.41) is 11.3. The molecule has 0 aliphatic heterocycles. The molecule has 78 valence electrons. The number of aliphatic carboxylic acids is 1. The van der Waals surface area contributed by atoms with Crippen LogP contribution >= 0.6 is 12.6 Å². The first-order valence-corrected chi connectivity index (χ1v) is 5.90. The molecule has 0 radical (unpaired) electrons. The van der Waals surface area contributed by atoms with E-state index in [9.17, 15) is 9.90 Å². The second-order valence-electron chi connectivity index (χ2n) is 5.75. The third kappa shape index (κ3) is 1.08. The van der Waals surface area contributed by atoms with Crippen molar-refractivity contribution in [2.24, 2.45) is 17.3 Å². The summed E-state index contributed by atoms with van der Waals surface area (Å²) in [5.74, 6) is 0.392. The van der Waals surface area contributed by atoms with Crippen LogP contribution in [-0.4, -0.2) is 10.7 Å². The first kappa shape index (κ1) is 9.08. The van der Waals surface area contributed by atoms with Crippen LogP contribution in [0, 0.1) is 17.3 Å². The van der Waals surface area contributed by atoms with Gasteiger partial charge in [-0.2, -0.15) is 12.6 Å². The van der Waals surface area contributed by atoms with Crippen LogP contribution in [0.2, 0.25) is 0 Å². The van der Waals surface area contributed by atoms with Crippen LogP contribution in [0.25, 0.3) is 0 Å². The topological polar surface area (TPSA) is 40.1 Å². The first-order valence-electron chi connectivity index (χ1n) is 5.45. The molecule has 3 heteroatoms. The number of carboxylic acid groups (broad SMARTS) is 1. The van der Waals surface area contributed by atoms with Crippen molar-refractivity contribution in [3.8, 4) is 0 Å². The highest BCUT2D eigenvalue weighted by molar-refractivity contribution is 7.81. The smallest absolute Gasteiger partial charge is 0.0476 e. The average molecular weight is 211 g/mol. The molecule has 4 atom stereocenters. The molecule has 0 N–H and O–H groups in total. The van der Waals surface area contributed by atoms with Crippen molar-refractivity contribution in [2.45, 2.75) is 43.3 Å². The molecule has 0 aromatic heterocycles. The molecule has 4 fully saturated rings. The van der Waals surface area contributed by atoms with Gasteiger partial charge in [-0.1, -0.05) is 0 Å². The maximum atomic E-state index is 11.3. The third-order valence-corrected chi connectivity index (χ3v) is 4.99. The van der Waals surface area contributed by atoms with E-state index in [1.165, 1.54) is 6.42 Å². The molecule has 0 saturated heterocycles. The standard InChI is InChI=1S/C11H16O2S/c12-9(13)10-2-7-1-8(3-10)5-11(14,4-7)6-10/h7-8,14H,1-6H2,(H,12,13)/p-1/t7-,8+,10?,11?. The van der Waals surface area contributed by atoms with Crippen LogP contribution in [-0.2, 0) is 4.79 Å². The lowest BCUT2D eigenvalue weighted by molar-refractivity contribution is -0.326. The Balaban J connectivity index is 2.00. The zero-order chi connectivity index (χ0) is 9.97. The molecule has 4 aliphatic carbocycles. The maximum Gasteiger partial charge on any atom is 0.0476 e. The minimum absolute atomic E-state index is 0.0180. The van der Waals surface area contributed by atoms with Gasteiger partial charge >= 0.3 is 0 Å². The Morgan fingerprint density at radius 2 is 1.79 bits per heavy atom. The van der Waals surface area contributed by atoms with Crippen LogP contribution < -0.4 is 5.11 Å². The fraction of sp³-hybridized carbons (Fsp3) is 0.909. The predicted octanol–water partition coefficient (Wildman–Crippen LogP) is 1.01. The van der Waals surface area contributed by atoms with Gasteiger partial charge in [-0.25, -0.2) is 0 Å². The van der Waals surface area contributed by atoms with Gasteiger partial charge in [0, 0.05) is 16.1 Å². The minimum Gasteiger partial charge on any atom is -0.550 e. The van der Waals surface area contributed by atoms with Crippen molar-refractivity contribution < 1.29 is 9.90 Å². The number of hydrogen-bond donors (Lipinski definition) is 1. The summed E-state index contributed by atoms with van der Waals surface area (Å²) in [7, 11) is 0. The van der Waals surface area contributed by atoms with E-state index < -0.39 is 11.4 Å². The highest BCUT2D eigenvalue weighted by Crippen LogP contribution is 2.63. The molecular formula is C11H15O2S-. The van der Waals surface area contributed by atoms with E-state index in [2.05, 4.69) is 0 Å². The lowest BCUT2D eigenvalue weighted by Crippen LogP contribution is -2.59. The molecule has 14 heavy (non-hydrogen) atoms. The van der Waals surface area contributed by atoms with E-state index in [0.717, 1.165) is 32.1 Å². The van der Waals surface area contributed by atoms with Gasteiger partial charge in [0.1, 0.15) is 0 Å². The molecule has 4 aliphatic rings. The molecule has 4 bridgehead atoms. The molecule has 0 aromatic rings. The number of hydrogen-bond acceptors (Lipinski definition) is 3. The summed E-state index contributed by atoms with van der Waals surface area (Å²) in [6.07, 6.45) is 5.95. The molecular weight excluding hydrogens is 196 g/mol. The molecule has 2 unspecified atom stereocenters. The van der Waals surface area contributed by atoms with Crippen LogP contribution in [0.15, 0.2) is 0 Å². The van der Waals surface area contributed by atoms with Crippen molar-refractivity contribution in [2.75, 3.05) is 0 Å². The van der Waals surface area contributed by atoms with Crippen molar-refractivity contribution in [3.63, 3.8) is 0 Å². The van der Waals surface area contributed by atoms with Crippen molar-refractivity contribution in [3.05, 3.63) is 0 Å². The SMILES string of the molecule is O=C([O-])C12C[C@@H]3C[C@@H](CC(S)(C3)C1)C2. The zero-order valence-electron chi connectivity index (χ0n) is 8.16. The number of rotatable bonds is 1. The van der Waals surface area contributed by atoms with E-state index in [0.29, 0.717) is 11.8 Å². The van der Waals surface area contributed by atoms with E-state index >= 15 is 0 Å². The molecule has 0 heterocycles. The maximum absolute atomic E-state index is 11.3. The van der Waals surface area contributed by atoms with Crippen LogP contribution in [0.4, 0.5) is 0 Å². The summed E-state index contributed by atoms with van der Waals surface area (Å²) in [4.78, 5) is 11.3. The van der Waals surface area contributed by atoms with Crippen molar-refractivity contribution in [1.29, 1.82) is 0 Å². The van der Waals surface area contributed by atoms with Crippen LogP contribution in [0.3, 0.4) is 0 Å². The van der Waals surface area contributed by atoms with Crippen molar-refractivity contribution >= 4 is 18.6 Å². The van der Waals surface area contributed by atoms with Gasteiger partial charge in [-0.3, -0.25) is 0 Å². The highest BCUT2D eigenvalue weighted by atomic mass is 32.1. The predicted molar refractivity (Wildman–Crippen MR) is 53.8 cm³/mol. The Labute approximate surface area is 89.5 Å². The third-order valence-electron chi connectivity index (χ3n) is 4.46. The Bertz CT molecular complexity index is 286. The number of thiol groups is 1. The van der Waals surface area contributed by atoms with Gasteiger partial charge < -0.3 is 9.90 Å². The molecule has 4 rings (SSSR count). The Morgan fingerprint density at radius 3 is 2.21 bits per heavy atom. The molecule has 0 spiro atoms. The van der Waals surface area contributed by atoms with Crippen LogP contribution in [0.5, 0.6) is 0 Å². The molecule has 0 amide bonds. The lowest BCUT2D eigenvalue weighted by Gasteiger charge is -2.61. The molecule has 2 nitrogen and oxygen atoms in total. The van der Waals surface area contributed by atoms with Gasteiger partial charge in [-0.15, -0.1) is 0 Å². The fourth-order valence-corrected chi connectivity index (χ4v) is 5.27. The normalized spacial score (nSPS) is 54.9. The van der Waals surface area contributed by atoms with Gasteiger partial charge in [0.15, 0.2) is 0 Å². The van der Waals surface area contributed by atoms with Gasteiger partial charge in [0.05, 0.1) is 0 Å². The van der Waals surface area contributed by atoms with E-state index in [1.54, 1.807) is 0 Å². The summed E-state index contributed by atoms with van der Waals surface area (Å²) in [6.45, 7) is 0. The number of carboxylic acids is 1. The highest BCUT2D eigenvalue weighted by Gasteiger charge is 2.56. The van der Waals surface area contributed by atoms with E-state index in [4.69, 9.17) is 12.6 Å². The average Bonchev–Trinajstić information content (AvgIpc) is 1.98. The van der Waals surface area contributed by atoms with E-state index in [1.807, 2.05) is 0 Å². The Kier molecular flexibility index (Phi) is 1.61. The second kappa shape index (κ2) is 2.49. The molecule has 0 aromatic carbocycles. The first-order chi connectivity index (χ1) is 6.51. The Hall–Kier alpha value is -0.180. The summed E-state index contributed by atoms with van der Waals surface area (Å²) in [5.41, 5.74) is -0.508. The number of carbonyl (C=O) groups is 1. The van der Waals surface area contributed by atoms with Gasteiger partial charge in [-0.05, 0) is 50.4 Å².